The van der Waals surface area contributed by atoms with Crippen LogP contribution in [0.4, 0.5) is 13.2 Å². The highest BCUT2D eigenvalue weighted by Crippen LogP contribution is 2.25. The zero-order valence-corrected chi connectivity index (χ0v) is 9.49. The highest BCUT2D eigenvalue weighted by Gasteiger charge is 2.18. The molecule has 0 aromatic heterocycles. The predicted molar refractivity (Wildman–Crippen MR) is 55.5 cm³/mol. The zero-order valence-electron chi connectivity index (χ0n) is 9.49. The van der Waals surface area contributed by atoms with Gasteiger partial charge in [0.05, 0.1) is 13.5 Å². The molecule has 0 bridgehead atoms. The average molecular weight is 210 g/mol. The van der Waals surface area contributed by atoms with Crippen molar-refractivity contribution >= 4 is 0 Å². The van der Waals surface area contributed by atoms with E-state index in [0.717, 1.165) is 12.8 Å². The molecule has 0 radical (unpaired) electrons. The van der Waals surface area contributed by atoms with E-state index in [0.29, 0.717) is 25.5 Å². The molecule has 0 aliphatic heterocycles. The van der Waals surface area contributed by atoms with Crippen LogP contribution in [-0.2, 0) is 0 Å². The van der Waals surface area contributed by atoms with Crippen LogP contribution >= 0.6 is 0 Å². The van der Waals surface area contributed by atoms with Crippen LogP contribution in [-0.4, -0.2) is 13.3 Å². The van der Waals surface area contributed by atoms with Crippen LogP contribution in [0.1, 0.15) is 40.0 Å². The van der Waals surface area contributed by atoms with Crippen molar-refractivity contribution in [1.29, 1.82) is 0 Å². The van der Waals surface area contributed by atoms with Crippen LogP contribution in [0.3, 0.4) is 0 Å². The van der Waals surface area contributed by atoms with Crippen molar-refractivity contribution in [1.82, 2.24) is 0 Å². The van der Waals surface area contributed by atoms with E-state index < -0.39 is 6.17 Å². The molecule has 0 amide bonds. The highest BCUT2D eigenvalue weighted by molar-refractivity contribution is 5.08. The van der Waals surface area contributed by atoms with E-state index >= 15 is 0 Å². The van der Waals surface area contributed by atoms with Crippen molar-refractivity contribution < 1.29 is 13.2 Å². The van der Waals surface area contributed by atoms with Gasteiger partial charge in [0.1, 0.15) is 6.17 Å². The summed E-state index contributed by atoms with van der Waals surface area (Å²) in [5.74, 6) is 0.0740. The van der Waals surface area contributed by atoms with Crippen molar-refractivity contribution in [3.05, 3.63) is 11.9 Å². The molecule has 0 N–H and O–H groups in total. The lowest BCUT2D eigenvalue weighted by atomic mass is 9.91. The van der Waals surface area contributed by atoms with Crippen LogP contribution in [0.15, 0.2) is 11.9 Å². The molecule has 86 valence electrons. The lowest BCUT2D eigenvalue weighted by Crippen LogP contribution is -2.12. The SMILES string of the molecule is CCC(F)/C(=C\F)C(CC)CC.CF. The average Bonchev–Trinajstić information content (AvgIpc) is 2.27. The topological polar surface area (TPSA) is 0 Å². The molecular weight excluding hydrogens is 189 g/mol. The van der Waals surface area contributed by atoms with Gasteiger partial charge in [0, 0.05) is 0 Å². The van der Waals surface area contributed by atoms with E-state index in [-0.39, 0.29) is 5.92 Å². The molecule has 0 aromatic carbocycles. The molecule has 0 aromatic rings. The van der Waals surface area contributed by atoms with E-state index in [1.807, 2.05) is 13.8 Å². The first-order valence-corrected chi connectivity index (χ1v) is 5.03. The maximum atomic E-state index is 13.1. The molecule has 14 heavy (non-hydrogen) atoms. The molecule has 1 atom stereocenters. The number of halogens is 3. The second-order valence-electron chi connectivity index (χ2n) is 3.00. The van der Waals surface area contributed by atoms with E-state index in [1.54, 1.807) is 6.92 Å². The first kappa shape index (κ1) is 16.0. The molecule has 0 fully saturated rings. The van der Waals surface area contributed by atoms with Crippen molar-refractivity contribution in [2.75, 3.05) is 7.18 Å². The first-order chi connectivity index (χ1) is 6.71. The Hall–Kier alpha value is -0.470. The van der Waals surface area contributed by atoms with E-state index in [4.69, 9.17) is 0 Å². The summed E-state index contributed by atoms with van der Waals surface area (Å²) in [6.45, 7) is 5.65. The number of rotatable bonds is 5. The van der Waals surface area contributed by atoms with Gasteiger partial charge in [-0.2, -0.15) is 0 Å². The van der Waals surface area contributed by atoms with Gasteiger partial charge in [0.2, 0.25) is 0 Å². The summed E-state index contributed by atoms with van der Waals surface area (Å²) >= 11 is 0. The summed E-state index contributed by atoms with van der Waals surface area (Å²) in [6, 6.07) is 0. The molecule has 0 aliphatic carbocycles. The summed E-state index contributed by atoms with van der Waals surface area (Å²) in [5.41, 5.74) is 0.336. The Kier molecular flexibility index (Phi) is 12.1. The fraction of sp³-hybridized carbons (Fsp3) is 0.818. The van der Waals surface area contributed by atoms with E-state index in [9.17, 15) is 13.2 Å². The normalized spacial score (nSPS) is 13.6. The largest absolute Gasteiger partial charge is 0.255 e. The van der Waals surface area contributed by atoms with Crippen molar-refractivity contribution in [3.8, 4) is 0 Å². The summed E-state index contributed by atoms with van der Waals surface area (Å²) in [6.07, 6.45) is 1.34. The monoisotopic (exact) mass is 210 g/mol. The van der Waals surface area contributed by atoms with Crippen LogP contribution < -0.4 is 0 Å². The van der Waals surface area contributed by atoms with Crippen LogP contribution in [0.5, 0.6) is 0 Å². The van der Waals surface area contributed by atoms with Gasteiger partial charge in [-0.25, -0.2) is 8.78 Å². The number of hydrogen-bond acceptors (Lipinski definition) is 0. The second-order valence-corrected chi connectivity index (χ2v) is 3.00. The predicted octanol–water partition coefficient (Wildman–Crippen LogP) is 4.61. The van der Waals surface area contributed by atoms with Gasteiger partial charge in [-0.05, 0) is 30.8 Å². The minimum absolute atomic E-state index is 0.0740. The Morgan fingerprint density at radius 1 is 1.07 bits per heavy atom. The summed E-state index contributed by atoms with van der Waals surface area (Å²) in [7, 11) is 0.500. The smallest absolute Gasteiger partial charge is 0.124 e. The number of alkyl halides is 2. The van der Waals surface area contributed by atoms with E-state index in [2.05, 4.69) is 0 Å². The molecule has 0 spiro atoms. The third-order valence-electron chi connectivity index (χ3n) is 2.30. The fourth-order valence-corrected chi connectivity index (χ4v) is 1.41. The molecule has 0 heterocycles. The van der Waals surface area contributed by atoms with Crippen LogP contribution in [0, 0.1) is 5.92 Å². The lowest BCUT2D eigenvalue weighted by molar-refractivity contribution is 0.329. The van der Waals surface area contributed by atoms with Gasteiger partial charge in [-0.3, -0.25) is 4.39 Å². The van der Waals surface area contributed by atoms with Gasteiger partial charge in [0.25, 0.3) is 0 Å². The summed E-state index contributed by atoms with van der Waals surface area (Å²) in [5, 5.41) is 0. The number of allylic oxidation sites excluding steroid dienone is 1. The molecular formula is C11H21F3. The van der Waals surface area contributed by atoms with Gasteiger partial charge in [0.15, 0.2) is 0 Å². The molecule has 0 rings (SSSR count). The Morgan fingerprint density at radius 3 is 1.71 bits per heavy atom. The minimum Gasteiger partial charge on any atom is -0.255 e. The highest BCUT2D eigenvalue weighted by atomic mass is 19.1. The molecule has 0 aliphatic rings. The van der Waals surface area contributed by atoms with Gasteiger partial charge < -0.3 is 0 Å². The van der Waals surface area contributed by atoms with Gasteiger partial charge >= 0.3 is 0 Å². The minimum atomic E-state index is -1.10. The third-order valence-corrected chi connectivity index (χ3v) is 2.30. The molecule has 0 saturated carbocycles. The van der Waals surface area contributed by atoms with Crippen molar-refractivity contribution in [3.63, 3.8) is 0 Å². The second kappa shape index (κ2) is 10.6. The quantitative estimate of drug-likeness (QED) is 0.621. The Morgan fingerprint density at radius 2 is 1.50 bits per heavy atom. The van der Waals surface area contributed by atoms with Crippen LogP contribution in [0.25, 0.3) is 0 Å². The number of hydrogen-bond donors (Lipinski definition) is 0. The van der Waals surface area contributed by atoms with Crippen molar-refractivity contribution in [2.45, 2.75) is 46.2 Å². The Bertz CT molecular complexity index is 139. The third kappa shape index (κ3) is 5.30. The molecule has 1 unspecified atom stereocenters. The summed E-state index contributed by atoms with van der Waals surface area (Å²) in [4.78, 5) is 0. The molecule has 0 saturated heterocycles. The summed E-state index contributed by atoms with van der Waals surface area (Å²) < 4.78 is 34.9. The maximum Gasteiger partial charge on any atom is 0.124 e. The zero-order chi connectivity index (χ0) is 11.6. The van der Waals surface area contributed by atoms with E-state index in [1.165, 1.54) is 0 Å². The molecule has 3 heteroatoms. The lowest BCUT2D eigenvalue weighted by Gasteiger charge is -2.18. The Labute approximate surface area is 85.2 Å². The van der Waals surface area contributed by atoms with Gasteiger partial charge in [-0.1, -0.05) is 20.8 Å². The van der Waals surface area contributed by atoms with Gasteiger partial charge in [-0.15, -0.1) is 0 Å². The maximum absolute atomic E-state index is 13.1. The Balaban J connectivity index is 0. The molecule has 0 nitrogen and oxygen atoms in total. The van der Waals surface area contributed by atoms with Crippen molar-refractivity contribution in [2.24, 2.45) is 5.92 Å². The van der Waals surface area contributed by atoms with Crippen LogP contribution in [0.2, 0.25) is 0 Å². The standard InChI is InChI=1S/C10H18F2.CH3F/c1-4-8(5-2)9(7-11)10(12)6-3;1-2/h7-8,10H,4-6H2,1-3H3;1H3/b9-7-;. The first-order valence-electron chi connectivity index (χ1n) is 5.03. The fourth-order valence-electron chi connectivity index (χ4n) is 1.41.